The number of alkyl halides is 3. The van der Waals surface area contributed by atoms with Gasteiger partial charge in [0.1, 0.15) is 5.82 Å². The van der Waals surface area contributed by atoms with E-state index in [1.165, 1.54) is 7.05 Å². The summed E-state index contributed by atoms with van der Waals surface area (Å²) in [6.45, 7) is 1.24. The third-order valence-corrected chi connectivity index (χ3v) is 3.68. The zero-order valence-electron chi connectivity index (χ0n) is 12.0. The molecule has 5 nitrogen and oxygen atoms in total. The molecule has 1 heterocycles. The number of hydrogen-bond acceptors (Lipinski definition) is 5. The van der Waals surface area contributed by atoms with E-state index in [2.05, 4.69) is 20.6 Å². The van der Waals surface area contributed by atoms with E-state index in [0.717, 1.165) is 25.3 Å². The topological polar surface area (TPSA) is 59.1 Å². The zero-order chi connectivity index (χ0) is 15.5. The van der Waals surface area contributed by atoms with Gasteiger partial charge >= 0.3 is 6.18 Å². The Labute approximate surface area is 121 Å². The molecule has 2 N–H and O–H groups in total. The van der Waals surface area contributed by atoms with Gasteiger partial charge in [-0.2, -0.15) is 18.2 Å². The Morgan fingerprint density at radius 2 is 2.05 bits per heavy atom. The second-order valence-electron chi connectivity index (χ2n) is 5.31. The maximum Gasteiger partial charge on any atom is 0.433 e. The van der Waals surface area contributed by atoms with Gasteiger partial charge in [0, 0.05) is 33.4 Å². The highest BCUT2D eigenvalue weighted by Gasteiger charge is 2.42. The fraction of sp³-hybridized carbons (Fsp3) is 0.692. The highest BCUT2D eigenvalue weighted by atomic mass is 19.4. The van der Waals surface area contributed by atoms with Gasteiger partial charge in [-0.25, -0.2) is 4.98 Å². The van der Waals surface area contributed by atoms with Gasteiger partial charge in [-0.05, 0) is 24.7 Å². The van der Waals surface area contributed by atoms with Crippen molar-refractivity contribution in [2.24, 2.45) is 5.41 Å². The van der Waals surface area contributed by atoms with Crippen molar-refractivity contribution in [3.63, 3.8) is 0 Å². The van der Waals surface area contributed by atoms with Crippen LogP contribution in [0.1, 0.15) is 25.0 Å². The average molecular weight is 304 g/mol. The SMILES string of the molecule is CNc1nc(NCC2(CCOC)CC2)cc(C(F)(F)F)n1. The summed E-state index contributed by atoms with van der Waals surface area (Å²) in [5.74, 6) is 0.138. The quantitative estimate of drug-likeness (QED) is 0.811. The summed E-state index contributed by atoms with van der Waals surface area (Å²) in [5, 5.41) is 5.54. The second kappa shape index (κ2) is 6.05. The monoisotopic (exact) mass is 304 g/mol. The molecule has 1 aromatic rings. The number of rotatable bonds is 7. The molecule has 0 spiro atoms. The molecule has 1 saturated carbocycles. The molecule has 0 unspecified atom stereocenters. The highest BCUT2D eigenvalue weighted by Crippen LogP contribution is 2.48. The van der Waals surface area contributed by atoms with Crippen LogP contribution < -0.4 is 10.6 Å². The number of aromatic nitrogens is 2. The van der Waals surface area contributed by atoms with Crippen molar-refractivity contribution in [3.8, 4) is 0 Å². The van der Waals surface area contributed by atoms with Crippen molar-refractivity contribution in [3.05, 3.63) is 11.8 Å². The number of ether oxygens (including phenoxy) is 1. The number of hydrogen-bond donors (Lipinski definition) is 2. The lowest BCUT2D eigenvalue weighted by Gasteiger charge is -2.17. The molecule has 8 heteroatoms. The van der Waals surface area contributed by atoms with E-state index in [4.69, 9.17) is 4.74 Å². The maximum atomic E-state index is 12.8. The van der Waals surface area contributed by atoms with Gasteiger partial charge < -0.3 is 15.4 Å². The minimum absolute atomic E-state index is 0.0472. The predicted molar refractivity (Wildman–Crippen MR) is 73.2 cm³/mol. The zero-order valence-corrected chi connectivity index (χ0v) is 12.0. The molecular formula is C13H19F3N4O. The Bertz CT molecular complexity index is 489. The van der Waals surface area contributed by atoms with E-state index in [1.54, 1.807) is 7.11 Å². The molecule has 0 saturated heterocycles. The molecule has 1 aliphatic carbocycles. The van der Waals surface area contributed by atoms with E-state index in [-0.39, 0.29) is 17.2 Å². The minimum atomic E-state index is -4.49. The van der Waals surface area contributed by atoms with Crippen LogP contribution in [0.15, 0.2) is 6.07 Å². The lowest BCUT2D eigenvalue weighted by atomic mass is 10.0. The third kappa shape index (κ3) is 4.20. The molecule has 118 valence electrons. The maximum absolute atomic E-state index is 12.8. The van der Waals surface area contributed by atoms with Crippen LogP contribution in [0.4, 0.5) is 24.9 Å². The fourth-order valence-corrected chi connectivity index (χ4v) is 2.08. The highest BCUT2D eigenvalue weighted by molar-refractivity contribution is 5.43. The van der Waals surface area contributed by atoms with Crippen molar-refractivity contribution < 1.29 is 17.9 Å². The fourth-order valence-electron chi connectivity index (χ4n) is 2.08. The summed E-state index contributed by atoms with van der Waals surface area (Å²) in [6, 6.07) is 0.938. The molecule has 1 aliphatic rings. The van der Waals surface area contributed by atoms with Crippen LogP contribution in [0.3, 0.4) is 0 Å². The molecule has 0 atom stereocenters. The van der Waals surface area contributed by atoms with Crippen LogP contribution in [-0.4, -0.2) is 37.3 Å². The summed E-state index contributed by atoms with van der Waals surface area (Å²) in [6.07, 6.45) is -1.48. The Morgan fingerprint density at radius 1 is 1.33 bits per heavy atom. The van der Waals surface area contributed by atoms with Crippen molar-refractivity contribution in [1.82, 2.24) is 9.97 Å². The summed E-state index contributed by atoms with van der Waals surface area (Å²) >= 11 is 0. The first-order valence-corrected chi connectivity index (χ1v) is 6.75. The van der Waals surface area contributed by atoms with Crippen molar-refractivity contribution in [2.45, 2.75) is 25.4 Å². The van der Waals surface area contributed by atoms with Gasteiger partial charge in [0.25, 0.3) is 0 Å². The number of nitrogens with one attached hydrogen (secondary N) is 2. The van der Waals surface area contributed by atoms with E-state index in [0.29, 0.717) is 13.2 Å². The second-order valence-corrected chi connectivity index (χ2v) is 5.31. The largest absolute Gasteiger partial charge is 0.433 e. The summed E-state index contributed by atoms with van der Waals surface area (Å²) in [7, 11) is 3.13. The first kappa shape index (κ1) is 15.8. The van der Waals surface area contributed by atoms with Crippen molar-refractivity contribution >= 4 is 11.8 Å². The number of nitrogens with zero attached hydrogens (tertiary/aromatic N) is 2. The average Bonchev–Trinajstić information content (AvgIpc) is 3.22. The first-order chi connectivity index (χ1) is 9.88. The molecule has 2 rings (SSSR count). The lowest BCUT2D eigenvalue weighted by molar-refractivity contribution is -0.141. The van der Waals surface area contributed by atoms with E-state index in [1.807, 2.05) is 0 Å². The summed E-state index contributed by atoms with van der Waals surface area (Å²) < 4.78 is 43.4. The van der Waals surface area contributed by atoms with Crippen LogP contribution in [-0.2, 0) is 10.9 Å². The van der Waals surface area contributed by atoms with Gasteiger partial charge in [-0.1, -0.05) is 0 Å². The van der Waals surface area contributed by atoms with Crippen LogP contribution in [0.25, 0.3) is 0 Å². The van der Waals surface area contributed by atoms with Crippen LogP contribution in [0, 0.1) is 5.41 Å². The van der Waals surface area contributed by atoms with E-state index < -0.39 is 11.9 Å². The van der Waals surface area contributed by atoms with Gasteiger partial charge in [0.05, 0.1) is 0 Å². The summed E-state index contributed by atoms with van der Waals surface area (Å²) in [5.41, 5.74) is -0.829. The Morgan fingerprint density at radius 3 is 2.57 bits per heavy atom. The number of halogens is 3. The van der Waals surface area contributed by atoms with E-state index >= 15 is 0 Å². The van der Waals surface area contributed by atoms with Gasteiger partial charge in [0.15, 0.2) is 5.69 Å². The molecule has 0 amide bonds. The van der Waals surface area contributed by atoms with Gasteiger partial charge in [-0.3, -0.25) is 0 Å². The van der Waals surface area contributed by atoms with Crippen LogP contribution >= 0.6 is 0 Å². The number of methoxy groups -OCH3 is 1. The molecule has 0 aliphatic heterocycles. The first-order valence-electron chi connectivity index (χ1n) is 6.75. The Kier molecular flexibility index (Phi) is 4.55. The molecular weight excluding hydrogens is 285 g/mol. The smallest absolute Gasteiger partial charge is 0.385 e. The molecule has 0 radical (unpaired) electrons. The normalized spacial score (nSPS) is 16.6. The molecule has 21 heavy (non-hydrogen) atoms. The summed E-state index contributed by atoms with van der Waals surface area (Å²) in [4.78, 5) is 7.44. The minimum Gasteiger partial charge on any atom is -0.385 e. The van der Waals surface area contributed by atoms with E-state index in [9.17, 15) is 13.2 Å². The van der Waals surface area contributed by atoms with Gasteiger partial charge in [0.2, 0.25) is 5.95 Å². The van der Waals surface area contributed by atoms with Crippen molar-refractivity contribution in [2.75, 3.05) is 37.9 Å². The van der Waals surface area contributed by atoms with Crippen LogP contribution in [0.5, 0.6) is 0 Å². The number of anilines is 2. The van der Waals surface area contributed by atoms with Crippen molar-refractivity contribution in [1.29, 1.82) is 0 Å². The lowest BCUT2D eigenvalue weighted by Crippen LogP contribution is -2.19. The molecule has 1 fully saturated rings. The predicted octanol–water partition coefficient (Wildman–Crippen LogP) is 2.77. The standard InChI is InChI=1S/C13H19F3N4O/c1-17-11-19-9(13(14,15)16)7-10(20-11)18-8-12(3-4-12)5-6-21-2/h7H,3-6,8H2,1-2H3,(H2,17,18,19,20). The Hall–Kier alpha value is -1.57. The third-order valence-electron chi connectivity index (χ3n) is 3.68. The Balaban J connectivity index is 2.06. The molecule has 0 bridgehead atoms. The molecule has 1 aromatic heterocycles. The van der Waals surface area contributed by atoms with Crippen LogP contribution in [0.2, 0.25) is 0 Å². The van der Waals surface area contributed by atoms with Gasteiger partial charge in [-0.15, -0.1) is 0 Å². The molecule has 0 aromatic carbocycles.